The quantitative estimate of drug-likeness (QED) is 0.386. The lowest BCUT2D eigenvalue weighted by molar-refractivity contribution is -0.141. The van der Waals surface area contributed by atoms with Crippen LogP contribution in [-0.2, 0) is 16.1 Å². The number of nitrogens with one attached hydrogen (secondary N) is 1. The summed E-state index contributed by atoms with van der Waals surface area (Å²) in [5.74, 6) is 4.59. The summed E-state index contributed by atoms with van der Waals surface area (Å²) in [5, 5.41) is 12.0. The van der Waals surface area contributed by atoms with Crippen molar-refractivity contribution in [3.8, 4) is 11.8 Å². The standard InChI is InChI=1S/C26H31N3O4.C2H6.C2H4/c1-3-26(2,27)23(25(31)32)28-24(30)22-12-10-20(11-13-22)5-4-19-6-8-21(9-7-19)18-29-14-16-33-17-15-29;2*1-2/h6-13,23H,3,14-18,27H2,1-2H3,(H,28,30)(H,31,32);1-2H3;1-2H2/t23?,26-;;/m1../s1. The number of nitrogens with zero attached hydrogens (tertiary/aromatic N) is 1. The minimum absolute atomic E-state index is 0.353. The summed E-state index contributed by atoms with van der Waals surface area (Å²) in [5.41, 5.74) is 8.26. The Labute approximate surface area is 221 Å². The first-order valence-electron chi connectivity index (χ1n) is 12.6. The van der Waals surface area contributed by atoms with Crippen LogP contribution in [0, 0.1) is 11.8 Å². The molecule has 1 amide bonds. The number of rotatable bonds is 7. The number of morpholine rings is 1. The van der Waals surface area contributed by atoms with Gasteiger partial charge in [-0.2, -0.15) is 0 Å². The molecule has 1 unspecified atom stereocenters. The van der Waals surface area contributed by atoms with E-state index in [9.17, 15) is 14.7 Å². The highest BCUT2D eigenvalue weighted by Crippen LogP contribution is 2.13. The van der Waals surface area contributed by atoms with Gasteiger partial charge in [-0.25, -0.2) is 4.79 Å². The summed E-state index contributed by atoms with van der Waals surface area (Å²) >= 11 is 0. The first-order chi connectivity index (χ1) is 17.8. The predicted molar refractivity (Wildman–Crippen MR) is 149 cm³/mol. The van der Waals surface area contributed by atoms with Crippen molar-refractivity contribution >= 4 is 11.9 Å². The average Bonchev–Trinajstić information content (AvgIpc) is 2.94. The Hall–Kier alpha value is -3.44. The maximum absolute atomic E-state index is 12.5. The van der Waals surface area contributed by atoms with Crippen LogP contribution >= 0.6 is 0 Å². The third-order valence-electron chi connectivity index (χ3n) is 5.91. The second kappa shape index (κ2) is 16.3. The first-order valence-corrected chi connectivity index (χ1v) is 12.6. The molecule has 200 valence electrons. The molecule has 0 bridgehead atoms. The third-order valence-corrected chi connectivity index (χ3v) is 5.91. The van der Waals surface area contributed by atoms with E-state index in [1.807, 2.05) is 26.0 Å². The summed E-state index contributed by atoms with van der Waals surface area (Å²) < 4.78 is 5.38. The van der Waals surface area contributed by atoms with E-state index < -0.39 is 23.5 Å². The summed E-state index contributed by atoms with van der Waals surface area (Å²) in [4.78, 5) is 26.4. The third kappa shape index (κ3) is 10.2. The Kier molecular flexibility index (Phi) is 13.9. The number of amides is 1. The fourth-order valence-electron chi connectivity index (χ4n) is 3.49. The molecular formula is C30H41N3O4. The van der Waals surface area contributed by atoms with Crippen molar-refractivity contribution in [1.82, 2.24) is 10.2 Å². The molecule has 1 heterocycles. The molecule has 0 radical (unpaired) electrons. The van der Waals surface area contributed by atoms with Gasteiger partial charge in [0.2, 0.25) is 0 Å². The highest BCUT2D eigenvalue weighted by atomic mass is 16.5. The number of carbonyl (C=O) groups is 2. The fourth-order valence-corrected chi connectivity index (χ4v) is 3.49. The fraction of sp³-hybridized carbons (Fsp3) is 0.400. The van der Waals surface area contributed by atoms with Gasteiger partial charge in [0.25, 0.3) is 5.91 Å². The van der Waals surface area contributed by atoms with Crippen molar-refractivity contribution in [2.75, 3.05) is 26.3 Å². The number of carboxylic acids is 1. The van der Waals surface area contributed by atoms with Gasteiger partial charge >= 0.3 is 5.97 Å². The highest BCUT2D eigenvalue weighted by Gasteiger charge is 2.35. The van der Waals surface area contributed by atoms with Crippen molar-refractivity contribution in [3.05, 3.63) is 83.9 Å². The van der Waals surface area contributed by atoms with Gasteiger partial charge in [0.15, 0.2) is 0 Å². The van der Waals surface area contributed by atoms with Crippen LogP contribution in [0.15, 0.2) is 61.7 Å². The summed E-state index contributed by atoms with van der Waals surface area (Å²) in [6.07, 6.45) is 0.410. The Bertz CT molecular complexity index is 1030. The highest BCUT2D eigenvalue weighted by molar-refractivity contribution is 5.97. The van der Waals surface area contributed by atoms with Gasteiger partial charge < -0.3 is 20.9 Å². The molecule has 1 aliphatic heterocycles. The second-order valence-corrected chi connectivity index (χ2v) is 8.52. The lowest BCUT2D eigenvalue weighted by atomic mass is 9.90. The number of aliphatic carboxylic acids is 1. The van der Waals surface area contributed by atoms with E-state index in [2.05, 4.69) is 47.3 Å². The van der Waals surface area contributed by atoms with Crippen molar-refractivity contribution in [2.45, 2.75) is 52.2 Å². The Morgan fingerprint density at radius 3 is 2.00 bits per heavy atom. The molecule has 0 spiro atoms. The molecular weight excluding hydrogens is 466 g/mol. The Morgan fingerprint density at radius 2 is 1.54 bits per heavy atom. The lowest BCUT2D eigenvalue weighted by Gasteiger charge is -2.30. The molecule has 3 rings (SSSR count). The molecule has 2 aromatic rings. The van der Waals surface area contributed by atoms with Gasteiger partial charge in [-0.15, -0.1) is 13.2 Å². The van der Waals surface area contributed by atoms with E-state index in [-0.39, 0.29) is 0 Å². The zero-order chi connectivity index (χ0) is 27.8. The minimum atomic E-state index is -1.18. The van der Waals surface area contributed by atoms with E-state index in [1.165, 1.54) is 5.56 Å². The summed E-state index contributed by atoms with van der Waals surface area (Å²) in [7, 11) is 0. The smallest absolute Gasteiger partial charge is 0.328 e. The SMILES string of the molecule is C=C.CC.CC[C@@](C)(N)C(NC(=O)c1ccc(C#Cc2ccc(CN3CCOCC3)cc2)cc1)C(=O)O. The zero-order valence-electron chi connectivity index (χ0n) is 22.5. The normalized spacial score (nSPS) is 15.2. The van der Waals surface area contributed by atoms with Gasteiger partial charge in [0.1, 0.15) is 6.04 Å². The Morgan fingerprint density at radius 1 is 1.05 bits per heavy atom. The van der Waals surface area contributed by atoms with Crippen molar-refractivity contribution in [3.63, 3.8) is 0 Å². The molecule has 1 aliphatic rings. The molecule has 37 heavy (non-hydrogen) atoms. The summed E-state index contributed by atoms with van der Waals surface area (Å²) in [6, 6.07) is 13.8. The van der Waals surface area contributed by atoms with Crippen LogP contribution < -0.4 is 11.1 Å². The number of carboxylic acid groups (broad SMARTS) is 1. The Balaban J connectivity index is 0.00000163. The topological polar surface area (TPSA) is 105 Å². The number of ether oxygens (including phenoxy) is 1. The van der Waals surface area contributed by atoms with Crippen LogP contribution in [-0.4, -0.2) is 59.8 Å². The van der Waals surface area contributed by atoms with E-state index >= 15 is 0 Å². The van der Waals surface area contributed by atoms with Crippen molar-refractivity contribution in [1.29, 1.82) is 0 Å². The largest absolute Gasteiger partial charge is 0.480 e. The van der Waals surface area contributed by atoms with Crippen LogP contribution in [0.3, 0.4) is 0 Å². The van der Waals surface area contributed by atoms with Crippen LogP contribution in [0.5, 0.6) is 0 Å². The van der Waals surface area contributed by atoms with Gasteiger partial charge in [-0.3, -0.25) is 9.69 Å². The minimum Gasteiger partial charge on any atom is -0.480 e. The van der Waals surface area contributed by atoms with Crippen LogP contribution in [0.1, 0.15) is 61.2 Å². The van der Waals surface area contributed by atoms with Gasteiger partial charge in [0.05, 0.1) is 13.2 Å². The number of benzene rings is 2. The van der Waals surface area contributed by atoms with Gasteiger partial charge in [0, 0.05) is 41.9 Å². The van der Waals surface area contributed by atoms with E-state index in [1.54, 1.807) is 38.1 Å². The average molecular weight is 508 g/mol. The second-order valence-electron chi connectivity index (χ2n) is 8.52. The molecule has 0 aromatic heterocycles. The molecule has 0 aliphatic carbocycles. The molecule has 2 atom stereocenters. The zero-order valence-corrected chi connectivity index (χ0v) is 22.5. The number of carbonyl (C=O) groups excluding carboxylic acids is 1. The van der Waals surface area contributed by atoms with Crippen molar-refractivity contribution < 1.29 is 19.4 Å². The maximum Gasteiger partial charge on any atom is 0.328 e. The lowest BCUT2D eigenvalue weighted by Crippen LogP contribution is -2.60. The van der Waals surface area contributed by atoms with E-state index in [0.717, 1.165) is 44.0 Å². The first kappa shape index (κ1) is 31.6. The maximum atomic E-state index is 12.5. The molecule has 2 aromatic carbocycles. The molecule has 4 N–H and O–H groups in total. The molecule has 0 saturated carbocycles. The summed E-state index contributed by atoms with van der Waals surface area (Å²) in [6.45, 7) is 17.8. The number of nitrogens with two attached hydrogens (primary N) is 1. The molecule has 7 heteroatoms. The van der Waals surface area contributed by atoms with E-state index in [0.29, 0.717) is 12.0 Å². The molecule has 1 saturated heterocycles. The monoisotopic (exact) mass is 507 g/mol. The molecule has 7 nitrogen and oxygen atoms in total. The van der Waals surface area contributed by atoms with Crippen LogP contribution in [0.2, 0.25) is 0 Å². The molecule has 1 fully saturated rings. The van der Waals surface area contributed by atoms with Crippen molar-refractivity contribution in [2.24, 2.45) is 5.73 Å². The predicted octanol–water partition coefficient (Wildman–Crippen LogP) is 4.06. The van der Waals surface area contributed by atoms with Gasteiger partial charge in [-0.1, -0.05) is 44.7 Å². The number of hydrogen-bond donors (Lipinski definition) is 3. The van der Waals surface area contributed by atoms with Crippen LogP contribution in [0.25, 0.3) is 0 Å². The van der Waals surface area contributed by atoms with Crippen LogP contribution in [0.4, 0.5) is 0 Å². The van der Waals surface area contributed by atoms with E-state index in [4.69, 9.17) is 10.5 Å². The number of hydrogen-bond acceptors (Lipinski definition) is 5. The van der Waals surface area contributed by atoms with Gasteiger partial charge in [-0.05, 0) is 55.3 Å².